The molecule has 0 aliphatic carbocycles. The number of rotatable bonds is 32. The number of nitrogens with one attached hydrogen (secondary N) is 9. The summed E-state index contributed by atoms with van der Waals surface area (Å²) in [5, 5.41) is 32.8. The normalized spacial score (nSPS) is 16.4. The molecule has 0 fully saturated rings. The molecular weight excluding hydrogens is 923 g/mol. The second-order valence-electron chi connectivity index (χ2n) is 19.7. The van der Waals surface area contributed by atoms with E-state index in [1.807, 2.05) is 27.7 Å². The molecule has 0 saturated heterocycles. The van der Waals surface area contributed by atoms with Gasteiger partial charge < -0.3 is 70.2 Å². The summed E-state index contributed by atoms with van der Waals surface area (Å²) in [6, 6.07) is -11.5. The van der Waals surface area contributed by atoms with E-state index in [-0.39, 0.29) is 49.5 Å². The Hall–Kier alpha value is -6.07. The molecule has 24 heteroatoms. The summed E-state index contributed by atoms with van der Waals surface area (Å²) >= 11 is 0. The van der Waals surface area contributed by atoms with Crippen LogP contribution in [0.25, 0.3) is 0 Å². The van der Waals surface area contributed by atoms with E-state index < -0.39 is 131 Å². The van der Waals surface area contributed by atoms with Crippen molar-refractivity contribution in [2.24, 2.45) is 51.8 Å². The molecule has 0 heterocycles. The second kappa shape index (κ2) is 32.0. The third-order valence-electron chi connectivity index (χ3n) is 11.8. The van der Waals surface area contributed by atoms with E-state index >= 15 is 0 Å². The molecular formula is C47H87N13O11. The third kappa shape index (κ3) is 24.1. The zero-order chi connectivity index (χ0) is 55.0. The van der Waals surface area contributed by atoms with Crippen molar-refractivity contribution in [3.8, 4) is 0 Å². The quantitative estimate of drug-likeness (QED) is 0.0213. The van der Waals surface area contributed by atoms with Gasteiger partial charge in [0.1, 0.15) is 54.4 Å². The second-order valence-corrected chi connectivity index (χ2v) is 19.7. The predicted octanol–water partition coefficient (Wildman–Crippen LogP) is -1.26. The summed E-state index contributed by atoms with van der Waals surface area (Å²) in [6.45, 7) is 23.4. The van der Waals surface area contributed by atoms with Gasteiger partial charge in [-0.2, -0.15) is 0 Å². The number of carboxylic acid groups (broad SMARTS) is 1. The lowest BCUT2D eigenvalue weighted by Gasteiger charge is -2.30. The van der Waals surface area contributed by atoms with Crippen LogP contribution in [0.15, 0.2) is 4.99 Å². The molecule has 0 radical (unpaired) electrons. The topological polar surface area (TPSA) is 390 Å². The van der Waals surface area contributed by atoms with Crippen LogP contribution >= 0.6 is 0 Å². The summed E-state index contributed by atoms with van der Waals surface area (Å²) in [5.74, 6) is -9.05. The van der Waals surface area contributed by atoms with Crippen LogP contribution in [0.3, 0.4) is 0 Å². The molecule has 24 nitrogen and oxygen atoms in total. The Morgan fingerprint density at radius 3 is 1.25 bits per heavy atom. The maximum atomic E-state index is 13.8. The molecule has 0 saturated carbocycles. The fourth-order valence-corrected chi connectivity index (χ4v) is 6.92. The zero-order valence-electron chi connectivity index (χ0n) is 44.3. The van der Waals surface area contributed by atoms with E-state index in [4.69, 9.17) is 17.2 Å². The van der Waals surface area contributed by atoms with Crippen molar-refractivity contribution in [3.05, 3.63) is 0 Å². The zero-order valence-corrected chi connectivity index (χ0v) is 44.3. The molecule has 0 aromatic rings. The lowest BCUT2D eigenvalue weighted by Crippen LogP contribution is -2.61. The Labute approximate surface area is 419 Å². The number of hydrogen-bond acceptors (Lipinski definition) is 12. The van der Waals surface area contributed by atoms with Crippen molar-refractivity contribution in [1.82, 2.24) is 47.9 Å². The maximum Gasteiger partial charge on any atom is 0.326 e. The first-order valence-electron chi connectivity index (χ1n) is 24.7. The van der Waals surface area contributed by atoms with Crippen LogP contribution in [0.4, 0.5) is 0 Å². The molecule has 71 heavy (non-hydrogen) atoms. The number of amides is 9. The number of carbonyl (C=O) groups is 10. The molecule has 406 valence electrons. The van der Waals surface area contributed by atoms with Gasteiger partial charge in [0.2, 0.25) is 53.2 Å². The van der Waals surface area contributed by atoms with Gasteiger partial charge in [0, 0.05) is 6.54 Å². The highest BCUT2D eigenvalue weighted by Gasteiger charge is 2.36. The Morgan fingerprint density at radius 1 is 0.451 bits per heavy atom. The van der Waals surface area contributed by atoms with E-state index in [0.29, 0.717) is 19.3 Å². The molecule has 0 rings (SSSR count). The average molecular weight is 1010 g/mol. The van der Waals surface area contributed by atoms with E-state index in [0.717, 1.165) is 0 Å². The van der Waals surface area contributed by atoms with Gasteiger partial charge in [0.15, 0.2) is 5.96 Å². The van der Waals surface area contributed by atoms with Gasteiger partial charge in [-0.25, -0.2) is 4.79 Å². The highest BCUT2D eigenvalue weighted by atomic mass is 16.4. The van der Waals surface area contributed by atoms with Crippen molar-refractivity contribution >= 4 is 65.1 Å². The van der Waals surface area contributed by atoms with Crippen molar-refractivity contribution in [2.45, 2.75) is 196 Å². The molecule has 0 unspecified atom stereocenters. The van der Waals surface area contributed by atoms with Gasteiger partial charge in [-0.05, 0) is 83.0 Å². The van der Waals surface area contributed by atoms with Crippen LogP contribution in [0.5, 0.6) is 0 Å². The van der Waals surface area contributed by atoms with Crippen LogP contribution in [0.2, 0.25) is 0 Å². The van der Waals surface area contributed by atoms with E-state index in [1.165, 1.54) is 27.7 Å². The van der Waals surface area contributed by atoms with Crippen molar-refractivity contribution in [2.75, 3.05) is 6.54 Å². The number of guanidine groups is 1. The van der Waals surface area contributed by atoms with Crippen LogP contribution in [0, 0.1) is 29.6 Å². The van der Waals surface area contributed by atoms with E-state index in [9.17, 15) is 53.1 Å². The number of nitrogens with zero attached hydrogens (tertiary/aromatic N) is 1. The SMILES string of the molecule is CC[C@H](C)[C@H](NC(=O)[C@H](C)NC(=O)[C@@H](NC(=O)[C@@H](NC(=O)[C@H](C)NC(=O)[C@H](CCCN=C(N)N)NC(=O)[C@H](C)NC(=O)[C@H](C)NC(=O)[C@H](CC(C)C)NC(=O)[C@@H](N)CC(C)C)[C@@H](C)CC)C(C)C)C(=O)O. The third-order valence-corrected chi connectivity index (χ3v) is 11.8. The fourth-order valence-electron chi connectivity index (χ4n) is 6.92. The maximum absolute atomic E-state index is 13.8. The molecule has 12 atom stereocenters. The molecule has 9 amide bonds. The Morgan fingerprint density at radius 2 is 0.817 bits per heavy atom. The Kier molecular flexibility index (Phi) is 29.3. The standard InChI is InChI=1S/C47H87N13O11/c1-15-25(9)35(45(69)58-34(24(7)8)44(68)55-30(14)40(64)60-36(46(70)71)26(10)16-2)59-39(63)29(13)53-42(66)32(18-17-19-51-47(49)50)56-38(62)28(12)52-37(61)27(11)54-43(67)33(21-23(5)6)57-41(65)31(48)20-22(3)4/h22-36H,15-21,48H2,1-14H3,(H,52,61)(H,53,66)(H,54,67)(H,55,68)(H,56,62)(H,57,65)(H,58,69)(H,59,63)(H,60,64)(H,70,71)(H4,49,50,51)/t25-,26-,27-,28-,29-,30-,31-,32-,33-,34-,35-,36-/m0/s1. The smallest absolute Gasteiger partial charge is 0.326 e. The summed E-state index contributed by atoms with van der Waals surface area (Å²) in [6.07, 6.45) is 1.73. The minimum atomic E-state index is -1.28. The largest absolute Gasteiger partial charge is 0.480 e. The number of nitrogens with two attached hydrogens (primary N) is 3. The summed E-state index contributed by atoms with van der Waals surface area (Å²) in [4.78, 5) is 136. The van der Waals surface area contributed by atoms with Crippen LogP contribution in [-0.2, 0) is 47.9 Å². The molecule has 0 aliphatic heterocycles. The minimum absolute atomic E-state index is 0.00240. The number of aliphatic carboxylic acids is 1. The van der Waals surface area contributed by atoms with Crippen molar-refractivity contribution in [3.63, 3.8) is 0 Å². The Bertz CT molecular complexity index is 1840. The first kappa shape index (κ1) is 64.9. The van der Waals surface area contributed by atoms with Crippen LogP contribution in [-0.4, -0.2) is 137 Å². The molecule has 0 aliphatic rings. The molecule has 16 N–H and O–H groups in total. The summed E-state index contributed by atoms with van der Waals surface area (Å²) in [7, 11) is 0. The van der Waals surface area contributed by atoms with Crippen molar-refractivity contribution in [1.29, 1.82) is 0 Å². The minimum Gasteiger partial charge on any atom is -0.480 e. The molecule has 0 aromatic heterocycles. The number of carboxylic acids is 1. The number of carbonyl (C=O) groups excluding carboxylic acids is 9. The molecule has 0 aromatic carbocycles. The van der Waals surface area contributed by atoms with E-state index in [1.54, 1.807) is 41.5 Å². The average Bonchev–Trinajstić information content (AvgIpc) is 3.27. The van der Waals surface area contributed by atoms with E-state index in [2.05, 4.69) is 52.8 Å². The van der Waals surface area contributed by atoms with Gasteiger partial charge in [0.05, 0.1) is 6.04 Å². The monoisotopic (exact) mass is 1010 g/mol. The van der Waals surface area contributed by atoms with Crippen LogP contribution in [0.1, 0.15) is 135 Å². The lowest BCUT2D eigenvalue weighted by molar-refractivity contribution is -0.143. The first-order valence-corrected chi connectivity index (χ1v) is 24.7. The predicted molar refractivity (Wildman–Crippen MR) is 268 cm³/mol. The van der Waals surface area contributed by atoms with Gasteiger partial charge >= 0.3 is 5.97 Å². The first-order chi connectivity index (χ1) is 32.9. The lowest BCUT2D eigenvalue weighted by atomic mass is 9.96. The highest BCUT2D eigenvalue weighted by molar-refractivity contribution is 5.98. The summed E-state index contributed by atoms with van der Waals surface area (Å²) < 4.78 is 0. The van der Waals surface area contributed by atoms with Crippen LogP contribution < -0.4 is 65.1 Å². The van der Waals surface area contributed by atoms with Crippen molar-refractivity contribution < 1.29 is 53.1 Å². The fraction of sp³-hybridized carbons (Fsp3) is 0.766. The van der Waals surface area contributed by atoms with Gasteiger partial charge in [-0.1, -0.05) is 82.1 Å². The summed E-state index contributed by atoms with van der Waals surface area (Å²) in [5.41, 5.74) is 16.9. The Balaban J connectivity index is 6.04. The molecule has 0 bridgehead atoms. The van der Waals surface area contributed by atoms with Gasteiger partial charge in [-0.15, -0.1) is 0 Å². The number of hydrogen-bond donors (Lipinski definition) is 13. The highest BCUT2D eigenvalue weighted by Crippen LogP contribution is 2.13. The number of aliphatic imine (C=N–C) groups is 1. The molecule has 0 spiro atoms. The van der Waals surface area contributed by atoms with Gasteiger partial charge in [0.25, 0.3) is 0 Å². The van der Waals surface area contributed by atoms with Gasteiger partial charge in [-0.3, -0.25) is 48.1 Å².